The third kappa shape index (κ3) is 4.12. The second kappa shape index (κ2) is 8.55. The number of nitrogens with one attached hydrogen (secondary N) is 1. The molecule has 1 amide bonds. The number of aromatic nitrogens is 2. The van der Waals surface area contributed by atoms with E-state index in [1.54, 1.807) is 30.7 Å². The van der Waals surface area contributed by atoms with Gasteiger partial charge < -0.3 is 10.0 Å². The number of aliphatic hydroxyl groups is 1. The van der Waals surface area contributed by atoms with Crippen molar-refractivity contribution in [3.8, 4) is 0 Å². The summed E-state index contributed by atoms with van der Waals surface area (Å²) >= 11 is 0. The van der Waals surface area contributed by atoms with Gasteiger partial charge in [-0.25, -0.2) is 8.96 Å². The predicted octanol–water partition coefficient (Wildman–Crippen LogP) is 3.26. The van der Waals surface area contributed by atoms with E-state index in [0.717, 1.165) is 5.56 Å². The fraction of sp³-hybridized carbons (Fsp3) is 0.208. The van der Waals surface area contributed by atoms with Crippen LogP contribution in [-0.2, 0) is 16.1 Å². The zero-order chi connectivity index (χ0) is 22.0. The van der Waals surface area contributed by atoms with Gasteiger partial charge in [-0.15, -0.1) is 0 Å². The standard InChI is InChI=1S/C24H22FN3O3/c1-16-6-8-17(9-7-16)22(29)20-21(18-4-2-5-19(25)14-18)28(24(31)23(20)30)12-3-11-27-13-10-26-15-27/h2,4-10,13-15,21H,3,11-12H2,1H3,(H,29,30)/p+1. The lowest BCUT2D eigenvalue weighted by Crippen LogP contribution is -2.36. The highest BCUT2D eigenvalue weighted by molar-refractivity contribution is 6.46. The number of benzene rings is 2. The summed E-state index contributed by atoms with van der Waals surface area (Å²) in [5.41, 5.74) is 1.87. The number of halogens is 1. The van der Waals surface area contributed by atoms with Crippen molar-refractivity contribution >= 4 is 17.4 Å². The van der Waals surface area contributed by atoms with Gasteiger partial charge in [0, 0.05) is 18.5 Å². The lowest BCUT2D eigenvalue weighted by molar-refractivity contribution is -0.695. The molecule has 2 heterocycles. The van der Waals surface area contributed by atoms with E-state index < -0.39 is 23.5 Å². The van der Waals surface area contributed by atoms with Crippen molar-refractivity contribution in [2.24, 2.45) is 0 Å². The molecule has 7 heteroatoms. The van der Waals surface area contributed by atoms with E-state index in [4.69, 9.17) is 0 Å². The van der Waals surface area contributed by atoms with E-state index in [1.165, 1.54) is 23.1 Å². The average Bonchev–Trinajstić information content (AvgIpc) is 3.36. The van der Waals surface area contributed by atoms with Gasteiger partial charge in [-0.05, 0) is 24.6 Å². The first kappa shape index (κ1) is 20.5. The molecule has 1 saturated heterocycles. The number of likely N-dealkylation sites (tertiary alicyclic amines) is 1. The number of aliphatic hydroxyl groups excluding tert-OH is 1. The van der Waals surface area contributed by atoms with Gasteiger partial charge in [-0.1, -0.05) is 42.0 Å². The van der Waals surface area contributed by atoms with E-state index in [2.05, 4.69) is 4.98 Å². The van der Waals surface area contributed by atoms with Crippen LogP contribution in [0.1, 0.15) is 29.2 Å². The minimum atomic E-state index is -0.853. The summed E-state index contributed by atoms with van der Waals surface area (Å²) in [6.45, 7) is 2.84. The average molecular weight is 420 g/mol. The monoisotopic (exact) mass is 420 g/mol. The summed E-state index contributed by atoms with van der Waals surface area (Å²) in [6.07, 6.45) is 6.05. The SMILES string of the molecule is Cc1ccc(C(O)=C2C(=O)C(=O)N(CCC[n+]3cc[nH]c3)C2c2cccc(F)c2)cc1. The number of carbonyl (C=O) groups is 2. The van der Waals surface area contributed by atoms with Crippen LogP contribution in [0, 0.1) is 12.7 Å². The molecule has 4 rings (SSSR count). The van der Waals surface area contributed by atoms with Crippen LogP contribution in [0.3, 0.4) is 0 Å². The van der Waals surface area contributed by atoms with E-state index in [1.807, 2.05) is 29.8 Å². The molecule has 2 N–H and O–H groups in total. The fourth-order valence-corrected chi connectivity index (χ4v) is 3.88. The number of Topliss-reactive ketones (excluding diaryl/α,β-unsaturated/α-hetero) is 1. The first-order valence-corrected chi connectivity index (χ1v) is 10.1. The third-order valence-electron chi connectivity index (χ3n) is 5.45. The Hall–Kier alpha value is -3.74. The van der Waals surface area contributed by atoms with Crippen molar-refractivity contribution in [1.29, 1.82) is 0 Å². The first-order valence-electron chi connectivity index (χ1n) is 10.1. The highest BCUT2D eigenvalue weighted by atomic mass is 19.1. The number of H-pyrrole nitrogens is 1. The van der Waals surface area contributed by atoms with E-state index >= 15 is 0 Å². The van der Waals surface area contributed by atoms with Gasteiger partial charge in [0.1, 0.15) is 24.0 Å². The maximum atomic E-state index is 14.0. The number of hydrogen-bond donors (Lipinski definition) is 2. The lowest BCUT2D eigenvalue weighted by Gasteiger charge is -2.25. The van der Waals surface area contributed by atoms with Crippen LogP contribution in [0.2, 0.25) is 0 Å². The maximum Gasteiger partial charge on any atom is 0.295 e. The van der Waals surface area contributed by atoms with Crippen LogP contribution in [0.15, 0.2) is 72.8 Å². The first-order chi connectivity index (χ1) is 15.0. The zero-order valence-corrected chi connectivity index (χ0v) is 17.1. The number of hydrogen-bond acceptors (Lipinski definition) is 3. The normalized spacial score (nSPS) is 18.0. The third-order valence-corrected chi connectivity index (χ3v) is 5.45. The Morgan fingerprint density at radius 1 is 1.19 bits per heavy atom. The number of aromatic amines is 1. The molecule has 1 aliphatic rings. The molecule has 1 aliphatic heterocycles. The second-order valence-corrected chi connectivity index (χ2v) is 7.62. The molecule has 31 heavy (non-hydrogen) atoms. The van der Waals surface area contributed by atoms with Gasteiger partial charge >= 0.3 is 0 Å². The van der Waals surface area contributed by atoms with Crippen molar-refractivity contribution in [3.63, 3.8) is 0 Å². The molecule has 0 saturated carbocycles. The Morgan fingerprint density at radius 3 is 2.65 bits per heavy atom. The molecule has 0 bridgehead atoms. The van der Waals surface area contributed by atoms with Crippen LogP contribution in [0.4, 0.5) is 4.39 Å². The van der Waals surface area contributed by atoms with Crippen LogP contribution in [0.5, 0.6) is 0 Å². The van der Waals surface area contributed by atoms with Crippen LogP contribution in [-0.4, -0.2) is 33.2 Å². The predicted molar refractivity (Wildman–Crippen MR) is 112 cm³/mol. The number of ketones is 1. The highest BCUT2D eigenvalue weighted by Gasteiger charge is 2.45. The zero-order valence-electron chi connectivity index (χ0n) is 17.1. The summed E-state index contributed by atoms with van der Waals surface area (Å²) < 4.78 is 15.9. The van der Waals surface area contributed by atoms with E-state index in [9.17, 15) is 19.1 Å². The van der Waals surface area contributed by atoms with Crippen molar-refractivity contribution in [2.75, 3.05) is 6.54 Å². The minimum absolute atomic E-state index is 0.0197. The summed E-state index contributed by atoms with van der Waals surface area (Å²) in [7, 11) is 0. The van der Waals surface area contributed by atoms with Crippen molar-refractivity contribution in [3.05, 3.63) is 95.3 Å². The van der Waals surface area contributed by atoms with E-state index in [0.29, 0.717) is 24.1 Å². The minimum Gasteiger partial charge on any atom is -0.507 e. The number of imidazole rings is 1. The smallest absolute Gasteiger partial charge is 0.295 e. The molecule has 2 aromatic carbocycles. The van der Waals surface area contributed by atoms with Gasteiger partial charge in [-0.3, -0.25) is 14.6 Å². The number of amides is 1. The molecule has 1 unspecified atom stereocenters. The van der Waals surface area contributed by atoms with Gasteiger partial charge in [0.05, 0.1) is 18.2 Å². The molecule has 158 valence electrons. The maximum absolute atomic E-state index is 14.0. The lowest BCUT2D eigenvalue weighted by atomic mass is 9.95. The Kier molecular flexibility index (Phi) is 5.66. The summed E-state index contributed by atoms with van der Waals surface area (Å²) in [6, 6.07) is 12.0. The van der Waals surface area contributed by atoms with Crippen LogP contribution >= 0.6 is 0 Å². The Morgan fingerprint density at radius 2 is 1.97 bits per heavy atom. The molecular weight excluding hydrogens is 397 g/mol. The number of nitrogens with zero attached hydrogens (tertiary/aromatic N) is 2. The molecule has 6 nitrogen and oxygen atoms in total. The number of carbonyl (C=O) groups excluding carboxylic acids is 2. The molecular formula is C24H23FN3O3+. The van der Waals surface area contributed by atoms with Crippen LogP contribution in [0.25, 0.3) is 5.76 Å². The van der Waals surface area contributed by atoms with Crippen molar-refractivity contribution in [2.45, 2.75) is 25.9 Å². The van der Waals surface area contributed by atoms with Gasteiger partial charge in [-0.2, -0.15) is 0 Å². The fourth-order valence-electron chi connectivity index (χ4n) is 3.88. The van der Waals surface area contributed by atoms with Crippen LogP contribution < -0.4 is 4.57 Å². The Labute approximate surface area is 179 Å². The molecule has 0 aliphatic carbocycles. The Bertz CT molecular complexity index is 1140. The summed E-state index contributed by atoms with van der Waals surface area (Å²) in [4.78, 5) is 30.2. The molecule has 1 aromatic heterocycles. The molecule has 1 atom stereocenters. The van der Waals surface area contributed by atoms with Gasteiger partial charge in [0.25, 0.3) is 11.7 Å². The largest absolute Gasteiger partial charge is 0.507 e. The topological polar surface area (TPSA) is 77.3 Å². The molecule has 0 radical (unpaired) electrons. The van der Waals surface area contributed by atoms with Crippen molar-refractivity contribution < 1.29 is 23.7 Å². The van der Waals surface area contributed by atoms with Gasteiger partial charge in [0.2, 0.25) is 6.33 Å². The Balaban J connectivity index is 1.73. The second-order valence-electron chi connectivity index (χ2n) is 7.62. The van der Waals surface area contributed by atoms with E-state index in [-0.39, 0.29) is 17.9 Å². The molecule has 3 aromatic rings. The molecule has 1 fully saturated rings. The quantitative estimate of drug-likeness (QED) is 0.278. The summed E-state index contributed by atoms with van der Waals surface area (Å²) in [5, 5.41) is 11.0. The summed E-state index contributed by atoms with van der Waals surface area (Å²) in [5.74, 6) is -2.18. The van der Waals surface area contributed by atoms with Crippen molar-refractivity contribution in [1.82, 2.24) is 9.88 Å². The molecule has 0 spiro atoms. The number of rotatable bonds is 6. The van der Waals surface area contributed by atoms with Gasteiger partial charge in [0.15, 0.2) is 0 Å². The number of aryl methyl sites for hydroxylation is 2. The highest BCUT2D eigenvalue weighted by Crippen LogP contribution is 2.39.